The van der Waals surface area contributed by atoms with Crippen LogP contribution in [0.2, 0.25) is 10.0 Å². The predicted octanol–water partition coefficient (Wildman–Crippen LogP) is 2.84. The number of hydroxylamine groups is 2. The van der Waals surface area contributed by atoms with Gasteiger partial charge in [0.05, 0.1) is 23.2 Å². The van der Waals surface area contributed by atoms with Gasteiger partial charge < -0.3 is 10.2 Å². The molecule has 6 nitrogen and oxygen atoms in total. The number of aliphatic hydroxyl groups excluding tert-OH is 1. The summed E-state index contributed by atoms with van der Waals surface area (Å²) in [7, 11) is 1.28. The Kier molecular flexibility index (Phi) is 7.17. The van der Waals surface area contributed by atoms with E-state index in [1.807, 2.05) is 6.07 Å². The van der Waals surface area contributed by atoms with Crippen LogP contribution in [0.25, 0.3) is 0 Å². The summed E-state index contributed by atoms with van der Waals surface area (Å²) in [4.78, 5) is 27.0. The summed E-state index contributed by atoms with van der Waals surface area (Å²) < 4.78 is 0. The molecule has 0 atom stereocenters. The molecule has 0 fully saturated rings. The molecule has 8 heteroatoms. The summed E-state index contributed by atoms with van der Waals surface area (Å²) in [5.41, 5.74) is 0.946. The Morgan fingerprint density at radius 1 is 1.27 bits per heavy atom. The van der Waals surface area contributed by atoms with E-state index in [1.54, 1.807) is 12.1 Å². The number of nitrogens with zero attached hydrogens (tertiary/aromatic N) is 1. The Morgan fingerprint density at radius 3 is 2.50 bits per heavy atom. The van der Waals surface area contributed by atoms with E-state index in [0.717, 1.165) is 10.6 Å². The minimum atomic E-state index is -1.58. The zero-order valence-corrected chi connectivity index (χ0v) is 13.3. The molecule has 0 spiro atoms. The molecule has 0 aliphatic heterocycles. The molecule has 22 heavy (non-hydrogen) atoms. The summed E-state index contributed by atoms with van der Waals surface area (Å²) in [6.07, 6.45) is 1.77. The van der Waals surface area contributed by atoms with Crippen molar-refractivity contribution in [2.24, 2.45) is 0 Å². The highest BCUT2D eigenvalue weighted by Crippen LogP contribution is 2.23. The van der Waals surface area contributed by atoms with Gasteiger partial charge in [-0.15, -0.1) is 0 Å². The monoisotopic (exact) mass is 347 g/mol. The lowest BCUT2D eigenvalue weighted by atomic mass is 10.1. The van der Waals surface area contributed by atoms with Gasteiger partial charge in [0.2, 0.25) is 5.76 Å². The summed E-state index contributed by atoms with van der Waals surface area (Å²) in [6.45, 7) is 0.221. The number of hydrogen-bond acceptors (Lipinski definition) is 4. The maximum absolute atomic E-state index is 11.7. The van der Waals surface area contributed by atoms with E-state index in [9.17, 15) is 9.59 Å². The summed E-state index contributed by atoms with van der Waals surface area (Å²) >= 11 is 11.7. The first kappa shape index (κ1) is 18.3. The van der Waals surface area contributed by atoms with Crippen molar-refractivity contribution in [3.8, 4) is 0 Å². The first-order valence-corrected chi connectivity index (χ1v) is 7.04. The first-order chi connectivity index (χ1) is 10.3. The third-order valence-electron chi connectivity index (χ3n) is 2.76. The number of carboxylic acids is 1. The fraction of sp³-hybridized carbons (Fsp3) is 0.286. The zero-order valence-electron chi connectivity index (χ0n) is 11.8. The van der Waals surface area contributed by atoms with Crippen LogP contribution >= 0.6 is 23.2 Å². The largest absolute Gasteiger partial charge is 0.502 e. The number of aryl methyl sites for hydroxylation is 1. The van der Waals surface area contributed by atoms with Gasteiger partial charge in [0, 0.05) is 6.54 Å². The van der Waals surface area contributed by atoms with E-state index < -0.39 is 17.6 Å². The minimum Gasteiger partial charge on any atom is -0.502 e. The highest BCUT2D eigenvalue weighted by molar-refractivity contribution is 6.42. The fourth-order valence-corrected chi connectivity index (χ4v) is 1.98. The fourth-order valence-electron chi connectivity index (χ4n) is 1.66. The maximum Gasteiger partial charge on any atom is 0.371 e. The molecule has 1 amide bonds. The Morgan fingerprint density at radius 2 is 1.95 bits per heavy atom. The van der Waals surface area contributed by atoms with Gasteiger partial charge in [-0.1, -0.05) is 29.3 Å². The Balaban J connectivity index is 2.57. The van der Waals surface area contributed by atoms with Crippen LogP contribution in [-0.2, 0) is 20.8 Å². The van der Waals surface area contributed by atoms with Gasteiger partial charge in [-0.05, 0) is 30.5 Å². The van der Waals surface area contributed by atoms with Crippen molar-refractivity contribution in [2.45, 2.75) is 12.8 Å². The first-order valence-electron chi connectivity index (χ1n) is 6.28. The van der Waals surface area contributed by atoms with Gasteiger partial charge >= 0.3 is 5.97 Å². The van der Waals surface area contributed by atoms with Crippen LogP contribution in [0.3, 0.4) is 0 Å². The Bertz CT molecular complexity index is 589. The lowest BCUT2D eigenvalue weighted by Crippen LogP contribution is -2.30. The van der Waals surface area contributed by atoms with Gasteiger partial charge in [0.1, 0.15) is 0 Å². The van der Waals surface area contributed by atoms with Crippen LogP contribution in [0.15, 0.2) is 30.0 Å². The number of halogens is 2. The summed E-state index contributed by atoms with van der Waals surface area (Å²) in [6, 6.07) is 5.24. The third kappa shape index (κ3) is 5.55. The van der Waals surface area contributed by atoms with Crippen LogP contribution in [0.4, 0.5) is 0 Å². The normalized spacial score (nSPS) is 11.3. The number of carbonyl (C=O) groups excluding carboxylic acids is 1. The molecule has 0 heterocycles. The van der Waals surface area contributed by atoms with Crippen molar-refractivity contribution in [3.05, 3.63) is 45.6 Å². The van der Waals surface area contributed by atoms with Gasteiger partial charge in [-0.3, -0.25) is 9.63 Å². The molecular weight excluding hydrogens is 333 g/mol. The van der Waals surface area contributed by atoms with Gasteiger partial charge in [0.15, 0.2) is 0 Å². The number of aliphatic carboxylic acids is 1. The topological polar surface area (TPSA) is 87.1 Å². The van der Waals surface area contributed by atoms with Crippen molar-refractivity contribution in [3.63, 3.8) is 0 Å². The molecule has 120 valence electrons. The molecular formula is C14H15Cl2NO5. The molecule has 0 unspecified atom stereocenters. The molecule has 0 saturated heterocycles. The molecule has 0 aromatic heterocycles. The SMILES string of the molecule is CON(CCCc1ccc(Cl)c(Cl)c1)C(=O)C=C(O)C(=O)O. The Hall–Kier alpha value is -1.76. The van der Waals surface area contributed by atoms with E-state index in [4.69, 9.17) is 38.3 Å². The lowest BCUT2D eigenvalue weighted by Gasteiger charge is -2.17. The summed E-state index contributed by atoms with van der Waals surface area (Å²) in [5.74, 6) is -3.38. The lowest BCUT2D eigenvalue weighted by molar-refractivity contribution is -0.170. The number of hydrogen-bond donors (Lipinski definition) is 2. The second kappa shape index (κ2) is 8.63. The zero-order chi connectivity index (χ0) is 16.7. The van der Waals surface area contributed by atoms with Crippen molar-refractivity contribution in [2.75, 3.05) is 13.7 Å². The molecule has 1 aromatic carbocycles. The number of rotatable bonds is 7. The van der Waals surface area contributed by atoms with Crippen LogP contribution in [0.5, 0.6) is 0 Å². The van der Waals surface area contributed by atoms with Gasteiger partial charge in [-0.25, -0.2) is 9.86 Å². The number of carboxylic acid groups (broad SMARTS) is 1. The van der Waals surface area contributed by atoms with Crippen molar-refractivity contribution in [1.82, 2.24) is 5.06 Å². The molecule has 0 saturated carbocycles. The second-order valence-corrected chi connectivity index (χ2v) is 5.12. The number of aliphatic hydroxyl groups is 1. The summed E-state index contributed by atoms with van der Waals surface area (Å²) in [5, 5.41) is 19.4. The van der Waals surface area contributed by atoms with Crippen molar-refractivity contribution >= 4 is 35.1 Å². The third-order valence-corrected chi connectivity index (χ3v) is 3.50. The average molecular weight is 348 g/mol. The molecule has 2 N–H and O–H groups in total. The molecule has 1 aromatic rings. The quantitative estimate of drug-likeness (QED) is 0.450. The number of amides is 1. The Labute approximate surface area is 137 Å². The molecule has 0 aliphatic rings. The van der Waals surface area contributed by atoms with E-state index in [0.29, 0.717) is 29.0 Å². The van der Waals surface area contributed by atoms with E-state index >= 15 is 0 Å². The highest BCUT2D eigenvalue weighted by Gasteiger charge is 2.14. The van der Waals surface area contributed by atoms with E-state index in [-0.39, 0.29) is 6.54 Å². The van der Waals surface area contributed by atoms with Crippen LogP contribution in [0.1, 0.15) is 12.0 Å². The number of carbonyl (C=O) groups is 2. The molecule has 0 aliphatic carbocycles. The van der Waals surface area contributed by atoms with Crippen LogP contribution in [-0.4, -0.2) is 40.8 Å². The standard InChI is InChI=1S/C14H15Cl2NO5/c1-22-17(13(19)8-12(18)14(20)21)6-2-3-9-4-5-10(15)11(16)7-9/h4-5,7-8,18H,2-3,6H2,1H3,(H,20,21). The second-order valence-electron chi connectivity index (χ2n) is 4.31. The average Bonchev–Trinajstić information content (AvgIpc) is 2.46. The van der Waals surface area contributed by atoms with Gasteiger partial charge in [-0.2, -0.15) is 0 Å². The molecule has 1 rings (SSSR count). The predicted molar refractivity (Wildman–Crippen MR) is 81.9 cm³/mol. The minimum absolute atomic E-state index is 0.221. The van der Waals surface area contributed by atoms with E-state index in [2.05, 4.69) is 0 Å². The van der Waals surface area contributed by atoms with Crippen molar-refractivity contribution < 1.29 is 24.6 Å². The molecule has 0 radical (unpaired) electrons. The van der Waals surface area contributed by atoms with Crippen molar-refractivity contribution in [1.29, 1.82) is 0 Å². The number of benzene rings is 1. The maximum atomic E-state index is 11.7. The van der Waals surface area contributed by atoms with Gasteiger partial charge in [0.25, 0.3) is 5.91 Å². The smallest absolute Gasteiger partial charge is 0.371 e. The van der Waals surface area contributed by atoms with Crippen LogP contribution < -0.4 is 0 Å². The molecule has 0 bridgehead atoms. The van der Waals surface area contributed by atoms with Crippen LogP contribution in [0, 0.1) is 0 Å². The highest BCUT2D eigenvalue weighted by atomic mass is 35.5. The van der Waals surface area contributed by atoms with E-state index in [1.165, 1.54) is 7.11 Å².